The Morgan fingerprint density at radius 3 is 2.50 bits per heavy atom. The van der Waals surface area contributed by atoms with Gasteiger partial charge in [-0.1, -0.05) is 41.2 Å². The summed E-state index contributed by atoms with van der Waals surface area (Å²) in [4.78, 5) is 10.3. The van der Waals surface area contributed by atoms with Crippen LogP contribution in [0.1, 0.15) is 0 Å². The zero-order valence-electron chi connectivity index (χ0n) is 6.94. The molecular formula is C10H12OSi. The van der Waals surface area contributed by atoms with E-state index in [-0.39, 0.29) is 0 Å². The molecule has 0 fully saturated rings. The summed E-state index contributed by atoms with van der Waals surface area (Å²) in [6, 6.07) is 10.8. The second-order valence-electron chi connectivity index (χ2n) is 2.66. The summed E-state index contributed by atoms with van der Waals surface area (Å²) in [6.07, 6.45) is 0.992. The molecule has 2 heteroatoms. The maximum Gasteiger partial charge on any atom is 0.117 e. The predicted molar refractivity (Wildman–Crippen MR) is 54.3 cm³/mol. The van der Waals surface area contributed by atoms with Gasteiger partial charge in [-0.15, -0.1) is 6.58 Å². The highest BCUT2D eigenvalue weighted by Gasteiger charge is 2.06. The quantitative estimate of drug-likeness (QED) is 0.495. The lowest BCUT2D eigenvalue weighted by Gasteiger charge is -2.05. The summed E-state index contributed by atoms with van der Waals surface area (Å²) >= 11 is 0. The average Bonchev–Trinajstić information content (AvgIpc) is 2.15. The molecule has 0 saturated heterocycles. The van der Waals surface area contributed by atoms with Crippen LogP contribution in [0.15, 0.2) is 42.6 Å². The van der Waals surface area contributed by atoms with E-state index in [2.05, 4.69) is 18.7 Å². The molecule has 1 rings (SSSR count). The van der Waals surface area contributed by atoms with E-state index >= 15 is 0 Å². The molecule has 0 N–H and O–H groups in total. The third-order valence-corrected chi connectivity index (χ3v) is 4.37. The second kappa shape index (κ2) is 4.67. The highest BCUT2D eigenvalue weighted by molar-refractivity contribution is 6.79. The first-order valence-electron chi connectivity index (χ1n) is 3.99. The van der Waals surface area contributed by atoms with Crippen molar-refractivity contribution in [2.45, 2.75) is 6.04 Å². The van der Waals surface area contributed by atoms with Gasteiger partial charge < -0.3 is 4.79 Å². The first kappa shape index (κ1) is 8.94. The van der Waals surface area contributed by atoms with Gasteiger partial charge in [0.1, 0.15) is 15.1 Å². The van der Waals surface area contributed by atoms with E-state index in [9.17, 15) is 4.79 Å². The summed E-state index contributed by atoms with van der Waals surface area (Å²) in [6.45, 7) is 3.76. The Kier molecular flexibility index (Phi) is 3.48. The SMILES string of the molecule is C=C[SiH](CC=O)c1ccccc1. The Morgan fingerprint density at radius 2 is 2.00 bits per heavy atom. The Balaban J connectivity index is 2.79. The molecule has 0 aliphatic heterocycles. The van der Waals surface area contributed by atoms with Crippen molar-refractivity contribution < 1.29 is 4.79 Å². The molecule has 1 aromatic rings. The maximum atomic E-state index is 10.3. The van der Waals surface area contributed by atoms with E-state index in [0.717, 1.165) is 6.29 Å². The van der Waals surface area contributed by atoms with E-state index in [1.54, 1.807) is 0 Å². The van der Waals surface area contributed by atoms with Gasteiger partial charge in [-0.3, -0.25) is 0 Å². The third-order valence-electron chi connectivity index (χ3n) is 1.86. The van der Waals surface area contributed by atoms with Crippen LogP contribution in [0.4, 0.5) is 0 Å². The van der Waals surface area contributed by atoms with Gasteiger partial charge in [0.05, 0.1) is 0 Å². The summed E-state index contributed by atoms with van der Waals surface area (Å²) in [5.41, 5.74) is 1.95. The fourth-order valence-corrected chi connectivity index (χ4v) is 2.83. The van der Waals surface area contributed by atoms with E-state index in [1.165, 1.54) is 5.19 Å². The monoisotopic (exact) mass is 176 g/mol. The van der Waals surface area contributed by atoms with Crippen LogP contribution < -0.4 is 5.19 Å². The van der Waals surface area contributed by atoms with Crippen molar-refractivity contribution in [3.8, 4) is 0 Å². The topological polar surface area (TPSA) is 17.1 Å². The van der Waals surface area contributed by atoms with Crippen LogP contribution in [0.2, 0.25) is 6.04 Å². The van der Waals surface area contributed by atoms with Crippen molar-refractivity contribution >= 4 is 20.3 Å². The van der Waals surface area contributed by atoms with E-state index in [0.29, 0.717) is 6.04 Å². The molecule has 0 bridgehead atoms. The zero-order valence-corrected chi connectivity index (χ0v) is 8.10. The molecule has 0 radical (unpaired) electrons. The summed E-state index contributed by atoms with van der Waals surface area (Å²) < 4.78 is 0. The normalized spacial score (nSPS) is 12.0. The summed E-state index contributed by atoms with van der Waals surface area (Å²) in [5.74, 6) is 0. The summed E-state index contributed by atoms with van der Waals surface area (Å²) in [7, 11) is -1.18. The van der Waals surface area contributed by atoms with Gasteiger partial charge in [-0.25, -0.2) is 0 Å². The van der Waals surface area contributed by atoms with Crippen LogP contribution in [-0.2, 0) is 4.79 Å². The first-order valence-corrected chi connectivity index (χ1v) is 6.05. The Morgan fingerprint density at radius 1 is 1.33 bits per heavy atom. The van der Waals surface area contributed by atoms with E-state index in [1.807, 2.05) is 23.9 Å². The van der Waals surface area contributed by atoms with Crippen LogP contribution in [-0.4, -0.2) is 15.1 Å². The lowest BCUT2D eigenvalue weighted by atomic mass is 10.4. The van der Waals surface area contributed by atoms with Gasteiger partial charge in [0.25, 0.3) is 0 Å². The minimum Gasteiger partial charge on any atom is -0.304 e. The molecule has 0 heterocycles. The molecule has 0 saturated carbocycles. The lowest BCUT2D eigenvalue weighted by molar-refractivity contribution is -0.106. The molecule has 12 heavy (non-hydrogen) atoms. The van der Waals surface area contributed by atoms with Crippen LogP contribution >= 0.6 is 0 Å². The maximum absolute atomic E-state index is 10.3. The molecular weight excluding hydrogens is 164 g/mol. The molecule has 1 nitrogen and oxygen atoms in total. The van der Waals surface area contributed by atoms with Crippen molar-refractivity contribution in [1.82, 2.24) is 0 Å². The van der Waals surface area contributed by atoms with Gasteiger partial charge in [0, 0.05) is 6.04 Å². The van der Waals surface area contributed by atoms with Gasteiger partial charge in [0.2, 0.25) is 0 Å². The lowest BCUT2D eigenvalue weighted by Crippen LogP contribution is -2.27. The molecule has 0 aliphatic carbocycles. The second-order valence-corrected chi connectivity index (χ2v) is 5.48. The fraction of sp³-hybridized carbons (Fsp3) is 0.100. The van der Waals surface area contributed by atoms with Crippen LogP contribution in [0.3, 0.4) is 0 Å². The molecule has 1 unspecified atom stereocenters. The number of hydrogen-bond donors (Lipinski definition) is 0. The summed E-state index contributed by atoms with van der Waals surface area (Å²) in [5, 5.41) is 1.29. The highest BCUT2D eigenvalue weighted by atomic mass is 28.3. The molecule has 62 valence electrons. The highest BCUT2D eigenvalue weighted by Crippen LogP contribution is 1.93. The molecule has 0 spiro atoms. The number of hydrogen-bond acceptors (Lipinski definition) is 1. The predicted octanol–water partition coefficient (Wildman–Crippen LogP) is 1.04. The minimum atomic E-state index is -1.18. The number of carbonyl (C=O) groups excluding carboxylic acids is 1. The zero-order chi connectivity index (χ0) is 8.81. The van der Waals surface area contributed by atoms with Crippen molar-refractivity contribution in [3.63, 3.8) is 0 Å². The van der Waals surface area contributed by atoms with E-state index < -0.39 is 8.80 Å². The third kappa shape index (κ3) is 2.17. The smallest absolute Gasteiger partial charge is 0.117 e. The number of rotatable bonds is 4. The average molecular weight is 176 g/mol. The van der Waals surface area contributed by atoms with Crippen LogP contribution in [0.5, 0.6) is 0 Å². The standard InChI is InChI=1S/C10H12OSi/c1-2-12(9-8-11)10-6-4-3-5-7-10/h2-8,12H,1,9H2. The fourth-order valence-electron chi connectivity index (χ4n) is 1.17. The van der Waals surface area contributed by atoms with Crippen molar-refractivity contribution in [2.24, 2.45) is 0 Å². The van der Waals surface area contributed by atoms with Gasteiger partial charge in [-0.2, -0.15) is 0 Å². The first-order chi connectivity index (χ1) is 5.88. The van der Waals surface area contributed by atoms with Gasteiger partial charge >= 0.3 is 0 Å². The molecule has 0 aromatic heterocycles. The van der Waals surface area contributed by atoms with Crippen LogP contribution in [0, 0.1) is 0 Å². The molecule has 0 amide bonds. The van der Waals surface area contributed by atoms with Gasteiger partial charge in [0.15, 0.2) is 0 Å². The number of aldehydes is 1. The molecule has 0 aliphatic rings. The van der Waals surface area contributed by atoms with Crippen molar-refractivity contribution in [1.29, 1.82) is 0 Å². The number of carbonyl (C=O) groups is 1. The minimum absolute atomic E-state index is 0.660. The molecule has 1 aromatic carbocycles. The van der Waals surface area contributed by atoms with Crippen molar-refractivity contribution in [2.75, 3.05) is 0 Å². The Labute approximate surface area is 74.3 Å². The van der Waals surface area contributed by atoms with E-state index in [4.69, 9.17) is 0 Å². The Bertz CT molecular complexity index is 256. The van der Waals surface area contributed by atoms with Crippen LogP contribution in [0.25, 0.3) is 0 Å². The number of benzene rings is 1. The Hall–Kier alpha value is -1.15. The van der Waals surface area contributed by atoms with Gasteiger partial charge in [-0.05, 0) is 0 Å². The van der Waals surface area contributed by atoms with Crippen molar-refractivity contribution in [3.05, 3.63) is 42.6 Å². The largest absolute Gasteiger partial charge is 0.304 e. The molecule has 1 atom stereocenters.